The lowest BCUT2D eigenvalue weighted by Gasteiger charge is -2.23. The van der Waals surface area contributed by atoms with Crippen molar-refractivity contribution in [1.29, 1.82) is 0 Å². The molecule has 2 aromatic rings. The van der Waals surface area contributed by atoms with Gasteiger partial charge in [-0.2, -0.15) is 0 Å². The lowest BCUT2D eigenvalue weighted by Crippen LogP contribution is -2.30. The maximum atomic E-state index is 12.7. The van der Waals surface area contributed by atoms with Crippen LogP contribution in [-0.2, 0) is 10.0 Å². The van der Waals surface area contributed by atoms with Gasteiger partial charge in [0.05, 0.1) is 10.6 Å². The molecule has 0 spiro atoms. The first kappa shape index (κ1) is 14.4. The average Bonchev–Trinajstić information content (AvgIpc) is 2.41. The van der Waals surface area contributed by atoms with E-state index in [0.717, 1.165) is 5.56 Å². The lowest BCUT2D eigenvalue weighted by molar-refractivity contribution is 0.592. The fourth-order valence-electron chi connectivity index (χ4n) is 2.03. The average molecular weight is 290 g/mol. The molecular weight excluding hydrogens is 272 g/mol. The summed E-state index contributed by atoms with van der Waals surface area (Å²) in [7, 11) is -3.55. The summed E-state index contributed by atoms with van der Waals surface area (Å²) < 4.78 is 26.8. The topological polar surface area (TPSA) is 63.4 Å². The van der Waals surface area contributed by atoms with E-state index in [9.17, 15) is 8.42 Å². The number of sulfonamides is 1. The molecule has 2 aromatic carbocycles. The van der Waals surface area contributed by atoms with Crippen molar-refractivity contribution in [3.8, 4) is 0 Å². The number of anilines is 2. The van der Waals surface area contributed by atoms with Crippen molar-refractivity contribution in [2.75, 3.05) is 16.6 Å². The van der Waals surface area contributed by atoms with Crippen LogP contribution < -0.4 is 10.0 Å². The molecule has 2 N–H and O–H groups in total. The van der Waals surface area contributed by atoms with Crippen molar-refractivity contribution in [1.82, 2.24) is 0 Å². The highest BCUT2D eigenvalue weighted by Crippen LogP contribution is 2.24. The standard InChI is InChI=1S/C15H18N2O2S/c1-3-17(14-9-7-13(16)8-10-14)20(18,19)15-6-4-5-12(2)11-15/h4-11H,3,16H2,1-2H3. The van der Waals surface area contributed by atoms with E-state index in [1.54, 1.807) is 42.5 Å². The molecule has 0 atom stereocenters. The fraction of sp³-hybridized carbons (Fsp3) is 0.200. The van der Waals surface area contributed by atoms with Crippen LogP contribution in [0.25, 0.3) is 0 Å². The van der Waals surface area contributed by atoms with E-state index in [0.29, 0.717) is 22.8 Å². The maximum absolute atomic E-state index is 12.7. The van der Waals surface area contributed by atoms with Crippen molar-refractivity contribution >= 4 is 21.4 Å². The van der Waals surface area contributed by atoms with E-state index in [4.69, 9.17) is 5.73 Å². The van der Waals surface area contributed by atoms with Crippen LogP contribution in [0.2, 0.25) is 0 Å². The molecule has 0 heterocycles. The maximum Gasteiger partial charge on any atom is 0.264 e. The van der Waals surface area contributed by atoms with Gasteiger partial charge in [0.1, 0.15) is 0 Å². The Bertz CT molecular complexity index is 694. The SMILES string of the molecule is CCN(c1ccc(N)cc1)S(=O)(=O)c1cccc(C)c1. The third-order valence-electron chi connectivity index (χ3n) is 3.05. The molecule has 0 bridgehead atoms. The zero-order valence-corrected chi connectivity index (χ0v) is 12.4. The molecule has 0 aromatic heterocycles. The molecule has 0 amide bonds. The zero-order chi connectivity index (χ0) is 14.8. The van der Waals surface area contributed by atoms with E-state index in [2.05, 4.69) is 0 Å². The predicted molar refractivity (Wildman–Crippen MR) is 82.2 cm³/mol. The second kappa shape index (κ2) is 5.54. The van der Waals surface area contributed by atoms with Crippen molar-refractivity contribution in [2.24, 2.45) is 0 Å². The number of aryl methyl sites for hydroxylation is 1. The summed E-state index contributed by atoms with van der Waals surface area (Å²) in [6.45, 7) is 4.04. The number of rotatable bonds is 4. The second-order valence-electron chi connectivity index (χ2n) is 4.58. The molecule has 4 nitrogen and oxygen atoms in total. The first-order valence-electron chi connectivity index (χ1n) is 6.40. The first-order valence-corrected chi connectivity index (χ1v) is 7.84. The van der Waals surface area contributed by atoms with Crippen LogP contribution in [-0.4, -0.2) is 15.0 Å². The van der Waals surface area contributed by atoms with Crippen LogP contribution in [0.5, 0.6) is 0 Å². The minimum Gasteiger partial charge on any atom is -0.399 e. The summed E-state index contributed by atoms with van der Waals surface area (Å²) in [5.74, 6) is 0. The highest BCUT2D eigenvalue weighted by Gasteiger charge is 2.23. The fourth-order valence-corrected chi connectivity index (χ4v) is 3.61. The monoisotopic (exact) mass is 290 g/mol. The Kier molecular flexibility index (Phi) is 3.99. The van der Waals surface area contributed by atoms with Crippen molar-refractivity contribution in [2.45, 2.75) is 18.7 Å². The van der Waals surface area contributed by atoms with Crippen LogP contribution in [0.1, 0.15) is 12.5 Å². The van der Waals surface area contributed by atoms with Gasteiger partial charge in [-0.05, 0) is 55.8 Å². The zero-order valence-electron chi connectivity index (χ0n) is 11.6. The van der Waals surface area contributed by atoms with Crippen LogP contribution in [0, 0.1) is 6.92 Å². The molecule has 0 aliphatic rings. The summed E-state index contributed by atoms with van der Waals surface area (Å²) in [6.07, 6.45) is 0. The molecule has 0 aliphatic heterocycles. The highest BCUT2D eigenvalue weighted by molar-refractivity contribution is 7.92. The minimum absolute atomic E-state index is 0.302. The van der Waals surface area contributed by atoms with Gasteiger partial charge in [0.2, 0.25) is 0 Å². The summed E-state index contributed by atoms with van der Waals surface area (Å²) >= 11 is 0. The Hall–Kier alpha value is -2.01. The molecule has 0 saturated heterocycles. The lowest BCUT2D eigenvalue weighted by atomic mass is 10.2. The van der Waals surface area contributed by atoms with Crippen LogP contribution in [0.3, 0.4) is 0 Å². The number of hydrogen-bond donors (Lipinski definition) is 1. The number of nitrogens with two attached hydrogens (primary N) is 1. The Morgan fingerprint density at radius 3 is 2.30 bits per heavy atom. The van der Waals surface area contributed by atoms with Gasteiger partial charge < -0.3 is 5.73 Å². The molecule has 0 radical (unpaired) electrons. The Balaban J connectivity index is 2.47. The van der Waals surface area contributed by atoms with Crippen LogP contribution in [0.4, 0.5) is 11.4 Å². The van der Waals surface area contributed by atoms with Crippen molar-refractivity contribution < 1.29 is 8.42 Å². The van der Waals surface area contributed by atoms with E-state index in [-0.39, 0.29) is 0 Å². The van der Waals surface area contributed by atoms with E-state index in [1.807, 2.05) is 19.9 Å². The quantitative estimate of drug-likeness (QED) is 0.881. The summed E-state index contributed by atoms with van der Waals surface area (Å²) in [4.78, 5) is 0.302. The smallest absolute Gasteiger partial charge is 0.264 e. The third kappa shape index (κ3) is 2.77. The Labute approximate surface area is 119 Å². The van der Waals surface area contributed by atoms with Gasteiger partial charge in [-0.3, -0.25) is 4.31 Å². The molecule has 0 unspecified atom stereocenters. The van der Waals surface area contributed by atoms with Gasteiger partial charge in [-0.25, -0.2) is 8.42 Å². The first-order chi connectivity index (χ1) is 9.45. The molecule has 0 saturated carbocycles. The summed E-state index contributed by atoms with van der Waals surface area (Å²) in [5.41, 5.74) is 7.78. The van der Waals surface area contributed by atoms with Gasteiger partial charge in [-0.1, -0.05) is 12.1 Å². The van der Waals surface area contributed by atoms with Crippen LogP contribution >= 0.6 is 0 Å². The Morgan fingerprint density at radius 2 is 1.75 bits per heavy atom. The molecular formula is C15H18N2O2S. The largest absolute Gasteiger partial charge is 0.399 e. The number of hydrogen-bond acceptors (Lipinski definition) is 3. The van der Waals surface area contributed by atoms with Crippen LogP contribution in [0.15, 0.2) is 53.4 Å². The van der Waals surface area contributed by atoms with Crippen molar-refractivity contribution in [3.05, 3.63) is 54.1 Å². The molecule has 0 aliphatic carbocycles. The second-order valence-corrected chi connectivity index (χ2v) is 6.44. The van der Waals surface area contributed by atoms with Gasteiger partial charge in [0.25, 0.3) is 10.0 Å². The molecule has 5 heteroatoms. The van der Waals surface area contributed by atoms with E-state index < -0.39 is 10.0 Å². The van der Waals surface area contributed by atoms with E-state index in [1.165, 1.54) is 4.31 Å². The van der Waals surface area contributed by atoms with Gasteiger partial charge in [-0.15, -0.1) is 0 Å². The van der Waals surface area contributed by atoms with Crippen molar-refractivity contribution in [3.63, 3.8) is 0 Å². The summed E-state index contributed by atoms with van der Waals surface area (Å²) in [5, 5.41) is 0. The summed E-state index contributed by atoms with van der Waals surface area (Å²) in [6, 6.07) is 13.7. The number of benzene rings is 2. The molecule has 106 valence electrons. The van der Waals surface area contributed by atoms with Gasteiger partial charge in [0, 0.05) is 12.2 Å². The minimum atomic E-state index is -3.55. The van der Waals surface area contributed by atoms with E-state index >= 15 is 0 Å². The number of nitrogen functional groups attached to an aromatic ring is 1. The third-order valence-corrected chi connectivity index (χ3v) is 4.94. The Morgan fingerprint density at radius 1 is 1.10 bits per heavy atom. The normalized spacial score (nSPS) is 11.3. The predicted octanol–water partition coefficient (Wildman–Crippen LogP) is 2.79. The number of nitrogens with zero attached hydrogens (tertiary/aromatic N) is 1. The molecule has 2 rings (SSSR count). The van der Waals surface area contributed by atoms with Gasteiger partial charge >= 0.3 is 0 Å². The molecule has 0 fully saturated rings. The highest BCUT2D eigenvalue weighted by atomic mass is 32.2. The van der Waals surface area contributed by atoms with Gasteiger partial charge in [0.15, 0.2) is 0 Å². The molecule has 20 heavy (non-hydrogen) atoms.